The van der Waals surface area contributed by atoms with Crippen molar-refractivity contribution in [3.63, 3.8) is 0 Å². The number of rotatable bonds is 6. The minimum Gasteiger partial charge on any atom is -0.486 e. The van der Waals surface area contributed by atoms with E-state index in [0.717, 1.165) is 12.1 Å². The lowest BCUT2D eigenvalue weighted by molar-refractivity contribution is -0.115. The first-order chi connectivity index (χ1) is 15.7. The zero-order valence-electron chi connectivity index (χ0n) is 16.9. The molecule has 1 amide bonds. The van der Waals surface area contributed by atoms with Gasteiger partial charge in [0.25, 0.3) is 10.0 Å². The molecule has 4 rings (SSSR count). The molecule has 33 heavy (non-hydrogen) atoms. The van der Waals surface area contributed by atoms with Crippen molar-refractivity contribution in [1.82, 2.24) is 0 Å². The number of hydrogen-bond donors (Lipinski definition) is 2. The number of benzene rings is 3. The van der Waals surface area contributed by atoms with Crippen LogP contribution in [0.1, 0.15) is 5.56 Å². The minimum absolute atomic E-state index is 0.0286. The number of sulfonamides is 1. The quantitative estimate of drug-likeness (QED) is 0.530. The largest absolute Gasteiger partial charge is 0.486 e. The highest BCUT2D eigenvalue weighted by molar-refractivity contribution is 7.92. The van der Waals surface area contributed by atoms with Gasteiger partial charge in [-0.05, 0) is 60.2 Å². The number of ether oxygens (including phenoxy) is 2. The van der Waals surface area contributed by atoms with Crippen LogP contribution in [0.15, 0.2) is 59.5 Å². The van der Waals surface area contributed by atoms with Crippen molar-refractivity contribution < 1.29 is 31.5 Å². The van der Waals surface area contributed by atoms with Crippen molar-refractivity contribution in [3.8, 4) is 11.5 Å². The first-order valence-electron chi connectivity index (χ1n) is 9.67. The van der Waals surface area contributed by atoms with Crippen LogP contribution in [0.3, 0.4) is 0 Å². The van der Waals surface area contributed by atoms with Crippen LogP contribution in [-0.4, -0.2) is 27.5 Å². The van der Waals surface area contributed by atoms with Gasteiger partial charge in [-0.15, -0.1) is 0 Å². The predicted octanol–water partition coefficient (Wildman–Crippen LogP) is 4.37. The molecule has 3 aromatic rings. The van der Waals surface area contributed by atoms with Crippen molar-refractivity contribution in [1.29, 1.82) is 0 Å². The van der Waals surface area contributed by atoms with Gasteiger partial charge in [-0.3, -0.25) is 9.52 Å². The third-order valence-electron chi connectivity index (χ3n) is 4.64. The van der Waals surface area contributed by atoms with Crippen LogP contribution in [-0.2, 0) is 21.2 Å². The van der Waals surface area contributed by atoms with E-state index in [2.05, 4.69) is 10.0 Å². The van der Waals surface area contributed by atoms with E-state index >= 15 is 0 Å². The Kier molecular flexibility index (Phi) is 6.39. The summed E-state index contributed by atoms with van der Waals surface area (Å²) in [4.78, 5) is 12.0. The summed E-state index contributed by atoms with van der Waals surface area (Å²) in [6, 6.07) is 11.5. The van der Waals surface area contributed by atoms with Crippen LogP contribution in [0.2, 0.25) is 5.02 Å². The van der Waals surface area contributed by atoms with E-state index in [1.54, 1.807) is 12.1 Å². The van der Waals surface area contributed by atoms with E-state index in [4.69, 9.17) is 21.1 Å². The molecule has 0 radical (unpaired) electrons. The van der Waals surface area contributed by atoms with E-state index in [0.29, 0.717) is 47.1 Å². The van der Waals surface area contributed by atoms with Gasteiger partial charge in [-0.2, -0.15) is 0 Å². The van der Waals surface area contributed by atoms with E-state index in [9.17, 15) is 22.0 Å². The fourth-order valence-electron chi connectivity index (χ4n) is 3.14. The van der Waals surface area contributed by atoms with E-state index in [1.165, 1.54) is 24.3 Å². The fraction of sp³-hybridized carbons (Fsp3) is 0.136. The van der Waals surface area contributed by atoms with Crippen molar-refractivity contribution in [2.75, 3.05) is 23.3 Å². The van der Waals surface area contributed by atoms with Crippen molar-refractivity contribution >= 4 is 38.9 Å². The summed E-state index contributed by atoms with van der Waals surface area (Å²) in [5.41, 5.74) is 1.24. The van der Waals surface area contributed by atoms with Gasteiger partial charge in [-0.25, -0.2) is 17.2 Å². The highest BCUT2D eigenvalue weighted by atomic mass is 35.5. The van der Waals surface area contributed by atoms with E-state index in [-0.39, 0.29) is 18.0 Å². The van der Waals surface area contributed by atoms with Crippen molar-refractivity contribution in [3.05, 3.63) is 76.8 Å². The molecule has 172 valence electrons. The molecule has 11 heteroatoms. The molecule has 0 saturated carbocycles. The Hall–Kier alpha value is -3.37. The highest BCUT2D eigenvalue weighted by Crippen LogP contribution is 2.38. The number of nitrogens with one attached hydrogen (secondary N) is 2. The van der Waals surface area contributed by atoms with Crippen LogP contribution in [0.5, 0.6) is 11.5 Å². The zero-order chi connectivity index (χ0) is 23.6. The Morgan fingerprint density at radius 1 is 0.939 bits per heavy atom. The molecule has 0 saturated heterocycles. The summed E-state index contributed by atoms with van der Waals surface area (Å²) >= 11 is 6.19. The first-order valence-corrected chi connectivity index (χ1v) is 11.5. The summed E-state index contributed by atoms with van der Waals surface area (Å²) < 4.78 is 64.4. The van der Waals surface area contributed by atoms with Gasteiger partial charge in [0.1, 0.15) is 13.2 Å². The number of halogens is 3. The van der Waals surface area contributed by atoms with E-state index < -0.39 is 26.6 Å². The molecule has 0 atom stereocenters. The molecule has 0 bridgehead atoms. The molecular weight excluding hydrogens is 478 g/mol. The van der Waals surface area contributed by atoms with Gasteiger partial charge in [-0.1, -0.05) is 11.6 Å². The van der Waals surface area contributed by atoms with Gasteiger partial charge in [0, 0.05) is 11.4 Å². The van der Waals surface area contributed by atoms with Crippen molar-refractivity contribution in [2.45, 2.75) is 11.3 Å². The highest BCUT2D eigenvalue weighted by Gasteiger charge is 2.19. The summed E-state index contributed by atoms with van der Waals surface area (Å²) in [5.74, 6) is -1.80. The lowest BCUT2D eigenvalue weighted by Gasteiger charge is -2.20. The third kappa shape index (κ3) is 5.35. The van der Waals surface area contributed by atoms with Crippen LogP contribution >= 0.6 is 11.6 Å². The Morgan fingerprint density at radius 3 is 2.36 bits per heavy atom. The third-order valence-corrected chi connectivity index (χ3v) is 6.30. The molecule has 0 unspecified atom stereocenters. The minimum atomic E-state index is -4.12. The SMILES string of the molecule is O=C(Cc1cc(Cl)c2c(c1)OCCO2)Nc1ccc(NS(=O)(=O)c2ccc(F)c(F)c2)cc1. The maximum atomic E-state index is 13.4. The normalized spacial score (nSPS) is 12.8. The summed E-state index contributed by atoms with van der Waals surface area (Å²) in [6.45, 7) is 0.796. The Morgan fingerprint density at radius 2 is 1.64 bits per heavy atom. The lowest BCUT2D eigenvalue weighted by Crippen LogP contribution is -2.17. The van der Waals surface area contributed by atoms with Crippen LogP contribution in [0, 0.1) is 11.6 Å². The molecule has 7 nitrogen and oxygen atoms in total. The van der Waals surface area contributed by atoms with Crippen molar-refractivity contribution in [2.24, 2.45) is 0 Å². The lowest BCUT2D eigenvalue weighted by atomic mass is 10.1. The fourth-order valence-corrected chi connectivity index (χ4v) is 4.49. The number of carbonyl (C=O) groups is 1. The monoisotopic (exact) mass is 494 g/mol. The number of carbonyl (C=O) groups excluding carboxylic acids is 1. The van der Waals surface area contributed by atoms with Gasteiger partial charge >= 0.3 is 0 Å². The first kappa shape index (κ1) is 22.8. The summed E-state index contributed by atoms with van der Waals surface area (Å²) in [5, 5.41) is 3.06. The van der Waals surface area contributed by atoms with Gasteiger partial charge in [0.15, 0.2) is 23.1 Å². The van der Waals surface area contributed by atoms with E-state index in [1.807, 2.05) is 0 Å². The van der Waals surface area contributed by atoms with Gasteiger partial charge < -0.3 is 14.8 Å². The second-order valence-electron chi connectivity index (χ2n) is 7.09. The molecule has 0 spiro atoms. The Balaban J connectivity index is 1.40. The molecule has 0 aromatic heterocycles. The summed E-state index contributed by atoms with van der Waals surface area (Å²) in [6.07, 6.45) is 0.0286. The zero-order valence-corrected chi connectivity index (χ0v) is 18.5. The average molecular weight is 495 g/mol. The Labute approximate surface area is 193 Å². The second-order valence-corrected chi connectivity index (χ2v) is 9.18. The van der Waals surface area contributed by atoms with Gasteiger partial charge in [0.2, 0.25) is 5.91 Å². The average Bonchev–Trinajstić information content (AvgIpc) is 2.77. The smallest absolute Gasteiger partial charge is 0.261 e. The van der Waals surface area contributed by atoms with Crippen LogP contribution in [0.25, 0.3) is 0 Å². The summed E-state index contributed by atoms with van der Waals surface area (Å²) in [7, 11) is -4.12. The number of anilines is 2. The molecule has 1 aliphatic rings. The molecule has 3 aromatic carbocycles. The molecule has 0 fully saturated rings. The molecular formula is C22H17ClF2N2O5S. The standard InChI is InChI=1S/C22H17ClF2N2O5S/c23-17-9-13(10-20-22(17)32-8-7-31-20)11-21(28)26-14-1-3-15(4-2-14)27-33(29,30)16-5-6-18(24)19(25)12-16/h1-6,9-10,12,27H,7-8,11H2,(H,26,28). The van der Waals surface area contributed by atoms with Gasteiger partial charge in [0.05, 0.1) is 16.3 Å². The number of fused-ring (bicyclic) bond motifs is 1. The molecule has 2 N–H and O–H groups in total. The van der Waals surface area contributed by atoms with Crippen LogP contribution < -0.4 is 19.5 Å². The predicted molar refractivity (Wildman–Crippen MR) is 118 cm³/mol. The molecule has 1 heterocycles. The number of hydrogen-bond acceptors (Lipinski definition) is 5. The topological polar surface area (TPSA) is 93.7 Å². The number of amides is 1. The Bertz CT molecular complexity index is 1320. The molecule has 1 aliphatic heterocycles. The second kappa shape index (κ2) is 9.24. The van der Waals surface area contributed by atoms with Crippen LogP contribution in [0.4, 0.5) is 20.2 Å². The maximum Gasteiger partial charge on any atom is 0.261 e. The maximum absolute atomic E-state index is 13.4. The molecule has 0 aliphatic carbocycles.